The predicted octanol–water partition coefficient (Wildman–Crippen LogP) is 3.49. The highest BCUT2D eigenvalue weighted by atomic mass is 79.9. The van der Waals surface area contributed by atoms with Gasteiger partial charge in [-0.2, -0.15) is 0 Å². The molecule has 1 aromatic heterocycles. The standard InChI is InChI=1S/C13H20BrNO2S/c1-4-9(12(16)17)6-15-8-13(2,3)11-5-10(14)7-18-11/h5,7,9,15H,4,6,8H2,1-3H3,(H,16,17). The summed E-state index contributed by atoms with van der Waals surface area (Å²) in [5, 5.41) is 14.3. The van der Waals surface area contributed by atoms with Crippen LogP contribution in [0.15, 0.2) is 15.9 Å². The largest absolute Gasteiger partial charge is 0.481 e. The molecular formula is C13H20BrNO2S. The summed E-state index contributed by atoms with van der Waals surface area (Å²) in [6.07, 6.45) is 0.660. The van der Waals surface area contributed by atoms with Gasteiger partial charge in [-0.1, -0.05) is 20.8 Å². The van der Waals surface area contributed by atoms with Gasteiger partial charge < -0.3 is 10.4 Å². The van der Waals surface area contributed by atoms with E-state index in [0.29, 0.717) is 13.0 Å². The molecule has 0 aromatic carbocycles. The van der Waals surface area contributed by atoms with Crippen molar-refractivity contribution in [2.24, 2.45) is 5.92 Å². The monoisotopic (exact) mass is 333 g/mol. The smallest absolute Gasteiger partial charge is 0.307 e. The zero-order chi connectivity index (χ0) is 13.8. The van der Waals surface area contributed by atoms with Crippen LogP contribution >= 0.6 is 27.3 Å². The first-order valence-corrected chi connectivity index (χ1v) is 7.72. The first kappa shape index (κ1) is 15.7. The highest BCUT2D eigenvalue weighted by molar-refractivity contribution is 9.10. The summed E-state index contributed by atoms with van der Waals surface area (Å²) in [7, 11) is 0. The SMILES string of the molecule is CCC(CNCC(C)(C)c1cc(Br)cs1)C(=O)O. The number of rotatable bonds is 7. The van der Waals surface area contributed by atoms with Gasteiger partial charge in [0.2, 0.25) is 0 Å². The van der Waals surface area contributed by atoms with Crippen molar-refractivity contribution in [1.82, 2.24) is 5.32 Å². The summed E-state index contributed by atoms with van der Waals surface area (Å²) in [5.74, 6) is -1.02. The second-order valence-corrected chi connectivity index (χ2v) is 6.91. The van der Waals surface area contributed by atoms with E-state index < -0.39 is 5.97 Å². The number of carbonyl (C=O) groups is 1. The Morgan fingerprint density at radius 2 is 2.28 bits per heavy atom. The lowest BCUT2D eigenvalue weighted by Crippen LogP contribution is -2.36. The normalized spacial score (nSPS) is 13.6. The first-order valence-electron chi connectivity index (χ1n) is 6.05. The fourth-order valence-electron chi connectivity index (χ4n) is 1.72. The Kier molecular flexibility index (Phi) is 5.82. The molecule has 0 saturated heterocycles. The number of halogens is 1. The minimum absolute atomic E-state index is 0.0213. The Balaban J connectivity index is 2.49. The Morgan fingerprint density at radius 1 is 1.61 bits per heavy atom. The molecule has 18 heavy (non-hydrogen) atoms. The molecular weight excluding hydrogens is 314 g/mol. The molecule has 1 atom stereocenters. The van der Waals surface area contributed by atoms with E-state index >= 15 is 0 Å². The summed E-state index contributed by atoms with van der Waals surface area (Å²) in [6.45, 7) is 7.55. The van der Waals surface area contributed by atoms with E-state index in [1.807, 2.05) is 6.92 Å². The molecule has 1 rings (SSSR count). The van der Waals surface area contributed by atoms with Crippen LogP contribution in [-0.4, -0.2) is 24.2 Å². The van der Waals surface area contributed by atoms with E-state index in [1.165, 1.54) is 4.88 Å². The van der Waals surface area contributed by atoms with E-state index in [4.69, 9.17) is 5.11 Å². The molecule has 0 aliphatic carbocycles. The van der Waals surface area contributed by atoms with Gasteiger partial charge in [0, 0.05) is 33.2 Å². The Hall–Kier alpha value is -0.390. The molecule has 5 heteroatoms. The number of hydrogen-bond acceptors (Lipinski definition) is 3. The maximum absolute atomic E-state index is 10.9. The number of carboxylic acid groups (broad SMARTS) is 1. The lowest BCUT2D eigenvalue weighted by Gasteiger charge is -2.24. The van der Waals surface area contributed by atoms with Crippen LogP contribution in [0.2, 0.25) is 0 Å². The number of nitrogens with one attached hydrogen (secondary N) is 1. The van der Waals surface area contributed by atoms with Gasteiger partial charge in [-0.3, -0.25) is 4.79 Å². The molecule has 0 fully saturated rings. The summed E-state index contributed by atoms with van der Waals surface area (Å²) >= 11 is 5.18. The van der Waals surface area contributed by atoms with Gasteiger partial charge in [0.05, 0.1) is 5.92 Å². The van der Waals surface area contributed by atoms with Crippen molar-refractivity contribution in [3.63, 3.8) is 0 Å². The third kappa shape index (κ3) is 4.37. The molecule has 3 nitrogen and oxygen atoms in total. The van der Waals surface area contributed by atoms with Crippen LogP contribution in [-0.2, 0) is 10.2 Å². The highest BCUT2D eigenvalue weighted by Crippen LogP contribution is 2.31. The topological polar surface area (TPSA) is 49.3 Å². The fraction of sp³-hybridized carbons (Fsp3) is 0.615. The van der Waals surface area contributed by atoms with Gasteiger partial charge >= 0.3 is 5.97 Å². The quantitative estimate of drug-likeness (QED) is 0.802. The lowest BCUT2D eigenvalue weighted by molar-refractivity contribution is -0.141. The summed E-state index contributed by atoms with van der Waals surface area (Å²) < 4.78 is 1.10. The maximum Gasteiger partial charge on any atom is 0.307 e. The van der Waals surface area contributed by atoms with E-state index in [0.717, 1.165) is 11.0 Å². The second-order valence-electron chi connectivity index (χ2n) is 5.09. The van der Waals surface area contributed by atoms with Crippen LogP contribution in [0.1, 0.15) is 32.1 Å². The summed E-state index contributed by atoms with van der Waals surface area (Å²) in [4.78, 5) is 12.2. The molecule has 1 aromatic rings. The number of carboxylic acids is 1. The van der Waals surface area contributed by atoms with Gasteiger partial charge in [0.15, 0.2) is 0 Å². The van der Waals surface area contributed by atoms with Gasteiger partial charge in [0.1, 0.15) is 0 Å². The van der Waals surface area contributed by atoms with Gasteiger partial charge in [-0.15, -0.1) is 11.3 Å². The third-order valence-corrected chi connectivity index (χ3v) is 5.09. The average molecular weight is 334 g/mol. The van der Waals surface area contributed by atoms with Crippen molar-refractivity contribution >= 4 is 33.2 Å². The molecule has 0 bridgehead atoms. The zero-order valence-electron chi connectivity index (χ0n) is 11.0. The predicted molar refractivity (Wildman–Crippen MR) is 79.3 cm³/mol. The number of hydrogen-bond donors (Lipinski definition) is 2. The van der Waals surface area contributed by atoms with Crippen molar-refractivity contribution in [2.45, 2.75) is 32.6 Å². The van der Waals surface area contributed by atoms with Crippen molar-refractivity contribution in [1.29, 1.82) is 0 Å². The van der Waals surface area contributed by atoms with Crippen molar-refractivity contribution in [3.8, 4) is 0 Å². The molecule has 0 saturated carbocycles. The van der Waals surface area contributed by atoms with Gasteiger partial charge in [-0.05, 0) is 28.4 Å². The minimum atomic E-state index is -0.721. The lowest BCUT2D eigenvalue weighted by atomic mass is 9.91. The van der Waals surface area contributed by atoms with Gasteiger partial charge in [0.25, 0.3) is 0 Å². The average Bonchev–Trinajstić information content (AvgIpc) is 2.71. The zero-order valence-corrected chi connectivity index (χ0v) is 13.4. The Morgan fingerprint density at radius 3 is 2.72 bits per heavy atom. The molecule has 1 heterocycles. The van der Waals surface area contributed by atoms with E-state index in [9.17, 15) is 4.79 Å². The molecule has 102 valence electrons. The van der Waals surface area contributed by atoms with Crippen LogP contribution < -0.4 is 5.32 Å². The van der Waals surface area contributed by atoms with Crippen molar-refractivity contribution in [2.75, 3.05) is 13.1 Å². The van der Waals surface area contributed by atoms with E-state index in [1.54, 1.807) is 11.3 Å². The van der Waals surface area contributed by atoms with Gasteiger partial charge in [-0.25, -0.2) is 0 Å². The molecule has 1 unspecified atom stereocenters. The molecule has 2 N–H and O–H groups in total. The van der Waals surface area contributed by atoms with Crippen LogP contribution in [0.4, 0.5) is 0 Å². The van der Waals surface area contributed by atoms with Crippen molar-refractivity contribution in [3.05, 3.63) is 20.8 Å². The van der Waals surface area contributed by atoms with Crippen LogP contribution in [0.3, 0.4) is 0 Å². The van der Waals surface area contributed by atoms with E-state index in [2.05, 4.69) is 46.5 Å². The Labute approximate surface area is 121 Å². The molecule has 0 radical (unpaired) electrons. The fourth-order valence-corrected chi connectivity index (χ4v) is 3.27. The third-order valence-electron chi connectivity index (χ3n) is 3.03. The molecule has 0 aliphatic heterocycles. The van der Waals surface area contributed by atoms with Crippen LogP contribution in [0, 0.1) is 5.92 Å². The minimum Gasteiger partial charge on any atom is -0.481 e. The molecule has 0 aliphatic rings. The van der Waals surface area contributed by atoms with Crippen molar-refractivity contribution < 1.29 is 9.90 Å². The second kappa shape index (κ2) is 6.68. The van der Waals surface area contributed by atoms with E-state index in [-0.39, 0.29) is 11.3 Å². The van der Waals surface area contributed by atoms with Crippen LogP contribution in [0.25, 0.3) is 0 Å². The summed E-state index contributed by atoms with van der Waals surface area (Å²) in [5.41, 5.74) is 0.0213. The first-order chi connectivity index (χ1) is 8.36. The number of thiophene rings is 1. The highest BCUT2D eigenvalue weighted by Gasteiger charge is 2.23. The van der Waals surface area contributed by atoms with Crippen LogP contribution in [0.5, 0.6) is 0 Å². The molecule has 0 spiro atoms. The Bertz CT molecular complexity index is 403. The molecule has 0 amide bonds. The maximum atomic E-state index is 10.9. The number of aliphatic carboxylic acids is 1. The summed E-state index contributed by atoms with van der Waals surface area (Å²) in [6, 6.07) is 2.13.